The Morgan fingerprint density at radius 1 is 0.686 bits per heavy atom. The molecule has 3 aromatic rings. The molecule has 35 heavy (non-hydrogen) atoms. The number of carboxylic acids is 2. The van der Waals surface area contributed by atoms with Crippen molar-refractivity contribution in [2.75, 3.05) is 7.11 Å². The van der Waals surface area contributed by atoms with Gasteiger partial charge in [-0.05, 0) is 11.1 Å². The summed E-state index contributed by atoms with van der Waals surface area (Å²) >= 11 is 0. The maximum Gasteiger partial charge on any atom is 0.357 e. The van der Waals surface area contributed by atoms with Crippen molar-refractivity contribution in [3.63, 3.8) is 0 Å². The Hall–Kier alpha value is -4.57. The molecule has 0 aliphatic rings. The highest BCUT2D eigenvalue weighted by Gasteiger charge is 2.34. The van der Waals surface area contributed by atoms with Crippen LogP contribution in [0.25, 0.3) is 0 Å². The molecule has 0 saturated heterocycles. The van der Waals surface area contributed by atoms with Crippen LogP contribution in [0.5, 0.6) is 0 Å². The van der Waals surface area contributed by atoms with Gasteiger partial charge in [0.1, 0.15) is 18.8 Å². The van der Waals surface area contributed by atoms with Gasteiger partial charge in [0.2, 0.25) is 0 Å². The molecule has 1 aromatic heterocycles. The van der Waals surface area contributed by atoms with Crippen LogP contribution in [0.1, 0.15) is 58.4 Å². The molecule has 2 N–H and O–H groups in total. The van der Waals surface area contributed by atoms with Crippen LogP contribution in [-0.2, 0) is 34.0 Å². The summed E-state index contributed by atoms with van der Waals surface area (Å²) in [5.74, 6) is -5.69. The van der Waals surface area contributed by atoms with E-state index in [1.165, 1.54) is 7.11 Å². The molecule has 0 atom stereocenters. The smallest absolute Gasteiger partial charge is 0.357 e. The number of aromatic nitrogens is 1. The fourth-order valence-corrected chi connectivity index (χ4v) is 3.25. The number of aromatic carboxylic acids is 2. The Balaban J connectivity index is 2.08. The summed E-state index contributed by atoms with van der Waals surface area (Å²) in [4.78, 5) is 53.5. The fourth-order valence-electron chi connectivity index (χ4n) is 3.25. The molecule has 3 rings (SSSR count). The van der Waals surface area contributed by atoms with Gasteiger partial charge in [0.15, 0.2) is 11.4 Å². The third-order valence-electron chi connectivity index (χ3n) is 4.83. The molecule has 0 radical (unpaired) electrons. The third kappa shape index (κ3) is 6.06. The first kappa shape index (κ1) is 25.1. The Labute approximate surface area is 199 Å². The Morgan fingerprint density at radius 3 is 1.66 bits per heavy atom. The minimum atomic E-state index is -1.75. The van der Waals surface area contributed by atoms with Crippen LogP contribution in [0, 0.1) is 0 Å². The SMILES string of the molecule is COCc1c(C(=O)OCc2ccccc2)nc(C(=O)O)c(C(=O)O)c1C(=O)OCc1ccccc1. The van der Waals surface area contributed by atoms with Crippen molar-refractivity contribution in [2.24, 2.45) is 0 Å². The molecule has 0 fully saturated rings. The second kappa shape index (κ2) is 11.5. The Morgan fingerprint density at radius 2 is 1.20 bits per heavy atom. The van der Waals surface area contributed by atoms with Crippen LogP contribution < -0.4 is 0 Å². The van der Waals surface area contributed by atoms with Crippen LogP contribution >= 0.6 is 0 Å². The molecule has 0 unspecified atom stereocenters. The number of esters is 2. The summed E-state index contributed by atoms with van der Waals surface area (Å²) in [6, 6.07) is 17.2. The molecule has 10 heteroatoms. The van der Waals surface area contributed by atoms with Gasteiger partial charge in [-0.1, -0.05) is 60.7 Å². The highest BCUT2D eigenvalue weighted by Crippen LogP contribution is 2.25. The van der Waals surface area contributed by atoms with Crippen LogP contribution in [0.4, 0.5) is 0 Å². The topological polar surface area (TPSA) is 149 Å². The molecule has 0 aliphatic carbocycles. The van der Waals surface area contributed by atoms with E-state index >= 15 is 0 Å². The lowest BCUT2D eigenvalue weighted by atomic mass is 9.97. The van der Waals surface area contributed by atoms with Gasteiger partial charge in [0.05, 0.1) is 12.2 Å². The zero-order valence-electron chi connectivity index (χ0n) is 18.6. The number of hydrogen-bond acceptors (Lipinski definition) is 8. The lowest BCUT2D eigenvalue weighted by Crippen LogP contribution is -2.25. The van der Waals surface area contributed by atoms with Crippen LogP contribution in [-0.4, -0.2) is 46.2 Å². The van der Waals surface area contributed by atoms with Crippen molar-refractivity contribution in [1.29, 1.82) is 0 Å². The van der Waals surface area contributed by atoms with Gasteiger partial charge in [0.25, 0.3) is 0 Å². The molecule has 0 amide bonds. The number of nitrogens with zero attached hydrogens (tertiary/aromatic N) is 1. The Bertz CT molecular complexity index is 1240. The van der Waals surface area contributed by atoms with Gasteiger partial charge >= 0.3 is 23.9 Å². The van der Waals surface area contributed by atoms with Gasteiger partial charge in [-0.2, -0.15) is 0 Å². The van der Waals surface area contributed by atoms with E-state index in [-0.39, 0.29) is 18.8 Å². The molecule has 2 aromatic carbocycles. The minimum Gasteiger partial charge on any atom is -0.478 e. The second-order valence-corrected chi connectivity index (χ2v) is 7.20. The van der Waals surface area contributed by atoms with E-state index in [1.54, 1.807) is 60.7 Å². The quantitative estimate of drug-likeness (QED) is 0.415. The van der Waals surface area contributed by atoms with E-state index in [9.17, 15) is 29.4 Å². The fraction of sp³-hybridized carbons (Fsp3) is 0.160. The maximum atomic E-state index is 13.1. The summed E-state index contributed by atoms with van der Waals surface area (Å²) in [6.07, 6.45) is 0. The van der Waals surface area contributed by atoms with Crippen LogP contribution in [0.2, 0.25) is 0 Å². The van der Waals surface area contributed by atoms with Gasteiger partial charge in [0, 0.05) is 12.7 Å². The summed E-state index contributed by atoms with van der Waals surface area (Å²) in [5.41, 5.74) is -2.12. The number of hydrogen-bond donors (Lipinski definition) is 2. The highest BCUT2D eigenvalue weighted by molar-refractivity contribution is 6.11. The van der Waals surface area contributed by atoms with Gasteiger partial charge < -0.3 is 24.4 Å². The van der Waals surface area contributed by atoms with Crippen molar-refractivity contribution < 1.29 is 43.6 Å². The van der Waals surface area contributed by atoms with Crippen LogP contribution in [0.15, 0.2) is 60.7 Å². The predicted octanol–water partition coefficient (Wildman–Crippen LogP) is 3.34. The summed E-state index contributed by atoms with van der Waals surface area (Å²) < 4.78 is 15.6. The zero-order chi connectivity index (χ0) is 25.4. The van der Waals surface area contributed by atoms with Gasteiger partial charge in [-0.25, -0.2) is 24.2 Å². The first-order chi connectivity index (χ1) is 16.8. The van der Waals surface area contributed by atoms with Crippen molar-refractivity contribution in [3.05, 3.63) is 99.9 Å². The molecule has 1 heterocycles. The first-order valence-corrected chi connectivity index (χ1v) is 10.3. The van der Waals surface area contributed by atoms with Crippen molar-refractivity contribution in [3.8, 4) is 0 Å². The number of benzene rings is 2. The largest absolute Gasteiger partial charge is 0.478 e. The van der Waals surface area contributed by atoms with E-state index in [4.69, 9.17) is 14.2 Å². The van der Waals surface area contributed by atoms with Crippen molar-refractivity contribution in [1.82, 2.24) is 4.98 Å². The molecule has 180 valence electrons. The Kier molecular flexibility index (Phi) is 8.25. The number of rotatable bonds is 10. The average molecular weight is 479 g/mol. The lowest BCUT2D eigenvalue weighted by Gasteiger charge is -2.17. The zero-order valence-corrected chi connectivity index (χ0v) is 18.6. The van der Waals surface area contributed by atoms with E-state index in [1.807, 2.05) is 0 Å². The number of carboxylic acid groups (broad SMARTS) is 2. The second-order valence-electron chi connectivity index (χ2n) is 7.20. The molecular formula is C25H21NO9. The number of pyridine rings is 1. The maximum absolute atomic E-state index is 13.1. The number of methoxy groups -OCH3 is 1. The molecular weight excluding hydrogens is 458 g/mol. The van der Waals surface area contributed by atoms with Gasteiger partial charge in [-0.15, -0.1) is 0 Å². The molecule has 0 aliphatic heterocycles. The van der Waals surface area contributed by atoms with Crippen molar-refractivity contribution >= 4 is 23.9 Å². The molecule has 0 spiro atoms. The highest BCUT2D eigenvalue weighted by atomic mass is 16.5. The van der Waals surface area contributed by atoms with Crippen LogP contribution in [0.3, 0.4) is 0 Å². The lowest BCUT2D eigenvalue weighted by molar-refractivity contribution is 0.0446. The third-order valence-corrected chi connectivity index (χ3v) is 4.83. The summed E-state index contributed by atoms with van der Waals surface area (Å²) in [7, 11) is 1.25. The van der Waals surface area contributed by atoms with E-state index in [2.05, 4.69) is 4.98 Å². The first-order valence-electron chi connectivity index (χ1n) is 10.3. The minimum absolute atomic E-state index is 0.162. The van der Waals surface area contributed by atoms with Crippen molar-refractivity contribution in [2.45, 2.75) is 19.8 Å². The predicted molar refractivity (Wildman–Crippen MR) is 120 cm³/mol. The average Bonchev–Trinajstić information content (AvgIpc) is 2.86. The number of ether oxygens (including phenoxy) is 3. The number of carbonyl (C=O) groups excluding carboxylic acids is 2. The normalized spacial score (nSPS) is 10.4. The standard InChI is InChI=1S/C25H21NO9/c1-33-14-17-18(24(31)34-12-15-8-4-2-5-9-15)19(22(27)28)21(23(29)30)26-20(17)25(32)35-13-16-10-6-3-7-11-16/h2-11H,12-14H2,1H3,(H,27,28)(H,29,30). The van der Waals surface area contributed by atoms with E-state index in [0.717, 1.165) is 0 Å². The number of carbonyl (C=O) groups is 4. The van der Waals surface area contributed by atoms with Gasteiger partial charge in [-0.3, -0.25) is 0 Å². The van der Waals surface area contributed by atoms with E-state index in [0.29, 0.717) is 11.1 Å². The molecule has 10 nitrogen and oxygen atoms in total. The monoisotopic (exact) mass is 479 g/mol. The summed E-state index contributed by atoms with van der Waals surface area (Å²) in [6.45, 7) is -0.812. The summed E-state index contributed by atoms with van der Waals surface area (Å²) in [5, 5.41) is 19.3. The molecule has 0 saturated carbocycles. The molecule has 0 bridgehead atoms. The van der Waals surface area contributed by atoms with E-state index < -0.39 is 53.0 Å².